The Hall–Kier alpha value is -2.16. The molecule has 6 nitrogen and oxygen atoms in total. The van der Waals surface area contributed by atoms with E-state index in [2.05, 4.69) is 10.0 Å². The Kier molecular flexibility index (Phi) is 6.80. The van der Waals surface area contributed by atoms with Crippen LogP contribution in [0.3, 0.4) is 0 Å². The molecule has 27 heavy (non-hydrogen) atoms. The molecule has 0 bridgehead atoms. The lowest BCUT2D eigenvalue weighted by molar-refractivity contribution is 0.0950. The summed E-state index contributed by atoms with van der Waals surface area (Å²) in [4.78, 5) is 12.1. The molecule has 1 fully saturated rings. The lowest BCUT2D eigenvalue weighted by Crippen LogP contribution is -2.38. The van der Waals surface area contributed by atoms with Gasteiger partial charge in [0, 0.05) is 23.8 Å². The van der Waals surface area contributed by atoms with Crippen molar-refractivity contribution in [1.82, 2.24) is 5.32 Å². The summed E-state index contributed by atoms with van der Waals surface area (Å²) in [6.45, 7) is 0.398. The van der Waals surface area contributed by atoms with Gasteiger partial charge in [0.05, 0.1) is 4.90 Å². The van der Waals surface area contributed by atoms with Crippen LogP contribution in [0.5, 0.6) is 0 Å². The molecule has 146 valence electrons. The van der Waals surface area contributed by atoms with E-state index in [9.17, 15) is 17.6 Å². The fourth-order valence-corrected chi connectivity index (χ4v) is 3.58. The summed E-state index contributed by atoms with van der Waals surface area (Å²) in [5.41, 5.74) is 6.55. The van der Waals surface area contributed by atoms with Crippen molar-refractivity contribution in [3.63, 3.8) is 0 Å². The molecule has 0 aliphatic heterocycles. The summed E-state index contributed by atoms with van der Waals surface area (Å²) < 4.78 is 39.9. The highest BCUT2D eigenvalue weighted by molar-refractivity contribution is 7.92. The quantitative estimate of drug-likeness (QED) is 0.649. The Morgan fingerprint density at radius 2 is 1.70 bits per heavy atom. The van der Waals surface area contributed by atoms with Crippen molar-refractivity contribution >= 4 is 34.0 Å². The van der Waals surface area contributed by atoms with E-state index in [-0.39, 0.29) is 34.9 Å². The number of hydrogen-bond acceptors (Lipinski definition) is 4. The molecule has 0 heterocycles. The fraction of sp³-hybridized carbons (Fsp3) is 0.278. The predicted octanol–water partition coefficient (Wildman–Crippen LogP) is 2.52. The average molecular weight is 414 g/mol. The number of nitrogens with two attached hydrogens (primary N) is 1. The van der Waals surface area contributed by atoms with Crippen molar-refractivity contribution < 1.29 is 17.6 Å². The normalized spacial score (nSPS) is 14.7. The second-order valence-corrected chi connectivity index (χ2v) is 8.03. The number of hydrogen-bond donors (Lipinski definition) is 3. The Morgan fingerprint density at radius 3 is 2.26 bits per heavy atom. The van der Waals surface area contributed by atoms with Crippen molar-refractivity contribution in [3.05, 3.63) is 59.9 Å². The molecule has 0 spiro atoms. The molecule has 2 aromatic rings. The Bertz CT molecular complexity index is 885. The van der Waals surface area contributed by atoms with E-state index < -0.39 is 15.8 Å². The molecule has 1 saturated carbocycles. The van der Waals surface area contributed by atoms with E-state index in [1.807, 2.05) is 0 Å². The molecule has 1 aliphatic carbocycles. The van der Waals surface area contributed by atoms with Crippen LogP contribution in [0.4, 0.5) is 10.1 Å². The zero-order valence-electron chi connectivity index (χ0n) is 14.4. The molecule has 1 unspecified atom stereocenters. The van der Waals surface area contributed by atoms with Gasteiger partial charge >= 0.3 is 0 Å². The van der Waals surface area contributed by atoms with E-state index in [0.717, 1.165) is 25.0 Å². The Balaban J connectivity index is 0.00000261. The van der Waals surface area contributed by atoms with Crippen molar-refractivity contribution in [2.45, 2.75) is 23.8 Å². The molecule has 4 N–H and O–H groups in total. The number of sulfonamides is 1. The van der Waals surface area contributed by atoms with Gasteiger partial charge in [0.15, 0.2) is 0 Å². The molecule has 1 amide bonds. The van der Waals surface area contributed by atoms with Crippen LogP contribution in [0.1, 0.15) is 23.2 Å². The van der Waals surface area contributed by atoms with Crippen molar-refractivity contribution in [2.24, 2.45) is 11.7 Å². The summed E-state index contributed by atoms with van der Waals surface area (Å²) >= 11 is 0. The number of carbonyl (C=O) groups excluding carboxylic acids is 1. The van der Waals surface area contributed by atoms with Crippen LogP contribution in [0.25, 0.3) is 0 Å². The Labute approximate surface area is 163 Å². The van der Waals surface area contributed by atoms with Crippen LogP contribution < -0.4 is 15.8 Å². The van der Waals surface area contributed by atoms with Crippen LogP contribution in [-0.4, -0.2) is 26.9 Å². The van der Waals surface area contributed by atoms with E-state index >= 15 is 0 Å². The molecule has 1 atom stereocenters. The largest absolute Gasteiger partial charge is 0.350 e. The average Bonchev–Trinajstić information content (AvgIpc) is 3.46. The number of nitrogens with one attached hydrogen (secondary N) is 2. The fourth-order valence-electron chi connectivity index (χ4n) is 2.52. The molecular formula is C18H21ClFN3O3S. The maximum atomic E-state index is 12.9. The molecule has 0 saturated heterocycles. The second-order valence-electron chi connectivity index (χ2n) is 6.35. The third-order valence-corrected chi connectivity index (χ3v) is 5.65. The highest BCUT2D eigenvalue weighted by Gasteiger charge is 2.28. The summed E-state index contributed by atoms with van der Waals surface area (Å²) in [7, 11) is -3.82. The minimum absolute atomic E-state index is 0. The first-order valence-electron chi connectivity index (χ1n) is 8.27. The zero-order valence-corrected chi connectivity index (χ0v) is 16.0. The summed E-state index contributed by atoms with van der Waals surface area (Å²) in [5.74, 6) is -0.262. The number of rotatable bonds is 7. The summed E-state index contributed by atoms with van der Waals surface area (Å²) in [6.07, 6.45) is 2.20. The standard InChI is InChI=1S/C18H20FN3O3S.ClH/c19-14-5-7-15(8-6-14)22-26(24,25)16-9-3-13(4-10-16)18(23)21-11-17(20)12-1-2-12;/h3-10,12,17,22H,1-2,11,20H2,(H,21,23);1H. The third-order valence-electron chi connectivity index (χ3n) is 4.25. The maximum absolute atomic E-state index is 12.9. The van der Waals surface area contributed by atoms with E-state index in [4.69, 9.17) is 5.73 Å². The number of anilines is 1. The van der Waals surface area contributed by atoms with Gasteiger partial charge in [-0.1, -0.05) is 0 Å². The topological polar surface area (TPSA) is 101 Å². The zero-order chi connectivity index (χ0) is 18.7. The van der Waals surface area contributed by atoms with Crippen LogP contribution in [-0.2, 0) is 10.0 Å². The monoisotopic (exact) mass is 413 g/mol. The Morgan fingerprint density at radius 1 is 1.11 bits per heavy atom. The van der Waals surface area contributed by atoms with Gasteiger partial charge in [0.2, 0.25) is 0 Å². The van der Waals surface area contributed by atoms with Gasteiger partial charge in [-0.15, -0.1) is 12.4 Å². The highest BCUT2D eigenvalue weighted by Crippen LogP contribution is 2.31. The van der Waals surface area contributed by atoms with Crippen molar-refractivity contribution in [3.8, 4) is 0 Å². The first-order valence-corrected chi connectivity index (χ1v) is 9.76. The van der Waals surface area contributed by atoms with Gasteiger partial charge < -0.3 is 11.1 Å². The van der Waals surface area contributed by atoms with E-state index in [1.54, 1.807) is 0 Å². The maximum Gasteiger partial charge on any atom is 0.261 e. The van der Waals surface area contributed by atoms with Crippen molar-refractivity contribution in [1.29, 1.82) is 0 Å². The second kappa shape index (κ2) is 8.69. The smallest absolute Gasteiger partial charge is 0.261 e. The lowest BCUT2D eigenvalue weighted by Gasteiger charge is -2.12. The van der Waals surface area contributed by atoms with E-state index in [0.29, 0.717) is 18.0 Å². The van der Waals surface area contributed by atoms with Gasteiger partial charge in [-0.25, -0.2) is 12.8 Å². The van der Waals surface area contributed by atoms with Crippen LogP contribution in [0, 0.1) is 11.7 Å². The molecule has 1 aliphatic rings. The van der Waals surface area contributed by atoms with Gasteiger partial charge in [-0.3, -0.25) is 9.52 Å². The summed E-state index contributed by atoms with van der Waals surface area (Å²) in [5, 5.41) is 2.76. The minimum Gasteiger partial charge on any atom is -0.350 e. The molecule has 0 aromatic heterocycles. The van der Waals surface area contributed by atoms with E-state index in [1.165, 1.54) is 36.4 Å². The predicted molar refractivity (Wildman–Crippen MR) is 104 cm³/mol. The number of halogens is 2. The van der Waals surface area contributed by atoms with Gasteiger partial charge in [-0.05, 0) is 67.3 Å². The van der Waals surface area contributed by atoms with Crippen LogP contribution >= 0.6 is 12.4 Å². The number of benzene rings is 2. The molecule has 3 rings (SSSR count). The first kappa shape index (κ1) is 21.1. The van der Waals surface area contributed by atoms with Gasteiger partial charge in [-0.2, -0.15) is 0 Å². The highest BCUT2D eigenvalue weighted by atomic mass is 35.5. The van der Waals surface area contributed by atoms with Crippen LogP contribution in [0.15, 0.2) is 53.4 Å². The first-order chi connectivity index (χ1) is 12.3. The molecular weight excluding hydrogens is 393 g/mol. The lowest BCUT2D eigenvalue weighted by atomic mass is 10.2. The third kappa shape index (κ3) is 5.66. The van der Waals surface area contributed by atoms with Crippen LogP contribution in [0.2, 0.25) is 0 Å². The SMILES string of the molecule is Cl.NC(CNC(=O)c1ccc(S(=O)(=O)Nc2ccc(F)cc2)cc1)C1CC1. The molecule has 0 radical (unpaired) electrons. The van der Waals surface area contributed by atoms with Gasteiger partial charge in [0.1, 0.15) is 5.82 Å². The van der Waals surface area contributed by atoms with Crippen molar-refractivity contribution in [2.75, 3.05) is 11.3 Å². The molecule has 9 heteroatoms. The molecule has 2 aromatic carbocycles. The number of carbonyl (C=O) groups is 1. The number of amides is 1. The summed E-state index contributed by atoms with van der Waals surface area (Å²) in [6, 6.07) is 10.5. The minimum atomic E-state index is -3.82. The van der Waals surface area contributed by atoms with Gasteiger partial charge in [0.25, 0.3) is 15.9 Å².